The Morgan fingerprint density at radius 3 is 2.81 bits per heavy atom. The summed E-state index contributed by atoms with van der Waals surface area (Å²) in [6.07, 6.45) is 5.02. The number of hydrogen-bond donors (Lipinski definition) is 1. The molecular formula is C16H19N3O2. The third-order valence-electron chi connectivity index (χ3n) is 4.17. The summed E-state index contributed by atoms with van der Waals surface area (Å²) in [6, 6.07) is 7.65. The van der Waals surface area contributed by atoms with Crippen LogP contribution in [0.2, 0.25) is 0 Å². The highest BCUT2D eigenvalue weighted by Gasteiger charge is 2.30. The first-order valence-corrected chi connectivity index (χ1v) is 7.15. The lowest BCUT2D eigenvalue weighted by atomic mass is 9.94. The van der Waals surface area contributed by atoms with Gasteiger partial charge in [0.2, 0.25) is 0 Å². The van der Waals surface area contributed by atoms with Crippen molar-refractivity contribution in [3.63, 3.8) is 0 Å². The van der Waals surface area contributed by atoms with Crippen molar-refractivity contribution in [1.29, 1.82) is 0 Å². The summed E-state index contributed by atoms with van der Waals surface area (Å²) in [7, 11) is 1.96. The van der Waals surface area contributed by atoms with Gasteiger partial charge >= 0.3 is 5.97 Å². The Kier molecular flexibility index (Phi) is 3.75. The lowest BCUT2D eigenvalue weighted by Gasteiger charge is -2.34. The Labute approximate surface area is 123 Å². The molecule has 0 aliphatic carbocycles. The third-order valence-corrected chi connectivity index (χ3v) is 4.17. The molecule has 0 saturated carbocycles. The van der Waals surface area contributed by atoms with E-state index in [0.29, 0.717) is 19.5 Å². The maximum atomic E-state index is 11.5. The molecule has 1 aromatic heterocycles. The van der Waals surface area contributed by atoms with E-state index >= 15 is 0 Å². The number of rotatable bonds is 4. The van der Waals surface area contributed by atoms with E-state index in [-0.39, 0.29) is 0 Å². The zero-order valence-corrected chi connectivity index (χ0v) is 12.1. The van der Waals surface area contributed by atoms with E-state index in [2.05, 4.69) is 11.1 Å². The monoisotopic (exact) mass is 285 g/mol. The number of carbonyl (C=O) groups is 1. The highest BCUT2D eigenvalue weighted by molar-refractivity contribution is 5.74. The van der Waals surface area contributed by atoms with E-state index in [1.54, 1.807) is 6.20 Å². The molecule has 2 heterocycles. The number of carboxylic acids is 1. The van der Waals surface area contributed by atoms with E-state index in [1.165, 1.54) is 5.56 Å². The fourth-order valence-corrected chi connectivity index (χ4v) is 2.94. The fraction of sp³-hybridized carbons (Fsp3) is 0.375. The van der Waals surface area contributed by atoms with Crippen LogP contribution in [0.1, 0.15) is 17.0 Å². The molecule has 0 fully saturated rings. The van der Waals surface area contributed by atoms with Crippen LogP contribution in [0, 0.1) is 0 Å². The van der Waals surface area contributed by atoms with Gasteiger partial charge in [-0.2, -0.15) is 0 Å². The van der Waals surface area contributed by atoms with Gasteiger partial charge in [-0.05, 0) is 17.5 Å². The van der Waals surface area contributed by atoms with Crippen molar-refractivity contribution in [2.24, 2.45) is 7.05 Å². The van der Waals surface area contributed by atoms with Gasteiger partial charge in [-0.15, -0.1) is 0 Å². The third kappa shape index (κ3) is 2.83. The van der Waals surface area contributed by atoms with Crippen LogP contribution in [0.4, 0.5) is 0 Å². The predicted octanol–water partition coefficient (Wildman–Crippen LogP) is 1.47. The first-order valence-electron chi connectivity index (χ1n) is 7.15. The number of benzene rings is 1. The van der Waals surface area contributed by atoms with Gasteiger partial charge in [-0.25, -0.2) is 4.98 Å². The van der Waals surface area contributed by atoms with Crippen molar-refractivity contribution in [2.45, 2.75) is 25.4 Å². The Morgan fingerprint density at radius 1 is 1.38 bits per heavy atom. The Hall–Kier alpha value is -2.14. The second-order valence-corrected chi connectivity index (χ2v) is 5.50. The van der Waals surface area contributed by atoms with E-state index in [4.69, 9.17) is 0 Å². The standard InChI is InChI=1S/C16H19N3O2/c1-18-9-7-17-15(18)6-8-19-11-13-5-3-2-4-12(13)10-14(19)16(20)21/h2-5,7,9,14H,6,8,10-11H2,1H3,(H,20,21)/t14-/m0/s1. The highest BCUT2D eigenvalue weighted by atomic mass is 16.4. The number of nitrogens with zero attached hydrogens (tertiary/aromatic N) is 3. The summed E-state index contributed by atoms with van der Waals surface area (Å²) >= 11 is 0. The molecule has 0 unspecified atom stereocenters. The molecule has 1 aliphatic rings. The number of aryl methyl sites for hydroxylation is 1. The number of imidazole rings is 1. The maximum absolute atomic E-state index is 11.5. The van der Waals surface area contributed by atoms with Crippen LogP contribution in [0.25, 0.3) is 0 Å². The Bertz CT molecular complexity index is 650. The van der Waals surface area contributed by atoms with Crippen molar-refractivity contribution >= 4 is 5.97 Å². The molecular weight excluding hydrogens is 266 g/mol. The summed E-state index contributed by atoms with van der Waals surface area (Å²) in [6.45, 7) is 1.40. The Morgan fingerprint density at radius 2 is 2.14 bits per heavy atom. The average molecular weight is 285 g/mol. The molecule has 0 saturated heterocycles. The van der Waals surface area contributed by atoms with Gasteiger partial charge in [0, 0.05) is 39.0 Å². The first kappa shape index (κ1) is 13.8. The van der Waals surface area contributed by atoms with Crippen LogP contribution in [-0.4, -0.2) is 38.1 Å². The summed E-state index contributed by atoms with van der Waals surface area (Å²) in [5.41, 5.74) is 2.38. The van der Waals surface area contributed by atoms with E-state index in [1.807, 2.05) is 40.9 Å². The molecule has 0 bridgehead atoms. The van der Waals surface area contributed by atoms with Crippen LogP contribution in [0.15, 0.2) is 36.7 Å². The molecule has 1 aromatic carbocycles. The molecule has 5 heteroatoms. The minimum absolute atomic E-state index is 0.444. The minimum Gasteiger partial charge on any atom is -0.480 e. The van der Waals surface area contributed by atoms with Gasteiger partial charge in [-0.3, -0.25) is 9.69 Å². The molecule has 5 nitrogen and oxygen atoms in total. The van der Waals surface area contributed by atoms with Crippen LogP contribution in [-0.2, 0) is 31.2 Å². The zero-order valence-electron chi connectivity index (χ0n) is 12.1. The molecule has 1 atom stereocenters. The van der Waals surface area contributed by atoms with E-state index in [0.717, 1.165) is 17.8 Å². The van der Waals surface area contributed by atoms with Crippen molar-refractivity contribution in [3.05, 3.63) is 53.6 Å². The van der Waals surface area contributed by atoms with Crippen molar-refractivity contribution < 1.29 is 9.90 Å². The smallest absolute Gasteiger partial charge is 0.321 e. The molecule has 110 valence electrons. The topological polar surface area (TPSA) is 58.4 Å². The summed E-state index contributed by atoms with van der Waals surface area (Å²) in [5, 5.41) is 9.48. The number of fused-ring (bicyclic) bond motifs is 1. The summed E-state index contributed by atoms with van der Waals surface area (Å²) < 4.78 is 1.98. The largest absolute Gasteiger partial charge is 0.480 e. The van der Waals surface area contributed by atoms with Crippen molar-refractivity contribution in [2.75, 3.05) is 6.54 Å². The quantitative estimate of drug-likeness (QED) is 0.924. The van der Waals surface area contributed by atoms with E-state index in [9.17, 15) is 9.90 Å². The molecule has 21 heavy (non-hydrogen) atoms. The van der Waals surface area contributed by atoms with Gasteiger partial charge in [0.15, 0.2) is 0 Å². The molecule has 1 aliphatic heterocycles. The number of aromatic nitrogens is 2. The average Bonchev–Trinajstić information content (AvgIpc) is 2.89. The SMILES string of the molecule is Cn1ccnc1CCN1Cc2ccccc2C[C@H]1C(=O)O. The van der Waals surface area contributed by atoms with Crippen LogP contribution in [0.5, 0.6) is 0 Å². The molecule has 2 aromatic rings. The number of carboxylic acid groups (broad SMARTS) is 1. The van der Waals surface area contributed by atoms with Crippen LogP contribution >= 0.6 is 0 Å². The van der Waals surface area contributed by atoms with Crippen LogP contribution < -0.4 is 0 Å². The first-order chi connectivity index (χ1) is 10.1. The molecule has 0 spiro atoms. The molecule has 0 radical (unpaired) electrons. The zero-order chi connectivity index (χ0) is 14.8. The summed E-state index contributed by atoms with van der Waals surface area (Å²) in [4.78, 5) is 17.9. The van der Waals surface area contributed by atoms with Gasteiger partial charge in [0.1, 0.15) is 11.9 Å². The normalized spacial score (nSPS) is 18.4. The number of hydrogen-bond acceptors (Lipinski definition) is 3. The summed E-state index contributed by atoms with van der Waals surface area (Å²) in [5.74, 6) is 0.238. The Balaban J connectivity index is 1.76. The van der Waals surface area contributed by atoms with Gasteiger partial charge in [-0.1, -0.05) is 24.3 Å². The van der Waals surface area contributed by atoms with Gasteiger partial charge in [0.25, 0.3) is 0 Å². The fourth-order valence-electron chi connectivity index (χ4n) is 2.94. The minimum atomic E-state index is -0.746. The van der Waals surface area contributed by atoms with Gasteiger partial charge in [0.05, 0.1) is 0 Å². The predicted molar refractivity (Wildman–Crippen MR) is 78.9 cm³/mol. The lowest BCUT2D eigenvalue weighted by molar-refractivity contribution is -0.143. The lowest BCUT2D eigenvalue weighted by Crippen LogP contribution is -2.46. The maximum Gasteiger partial charge on any atom is 0.321 e. The molecule has 3 rings (SSSR count). The number of aliphatic carboxylic acids is 1. The second-order valence-electron chi connectivity index (χ2n) is 5.50. The highest BCUT2D eigenvalue weighted by Crippen LogP contribution is 2.23. The van der Waals surface area contributed by atoms with E-state index < -0.39 is 12.0 Å². The molecule has 0 amide bonds. The van der Waals surface area contributed by atoms with Gasteiger partial charge < -0.3 is 9.67 Å². The van der Waals surface area contributed by atoms with Crippen molar-refractivity contribution in [3.8, 4) is 0 Å². The second kappa shape index (κ2) is 5.69. The molecule has 1 N–H and O–H groups in total. The van der Waals surface area contributed by atoms with Crippen LogP contribution in [0.3, 0.4) is 0 Å². The van der Waals surface area contributed by atoms with Crippen molar-refractivity contribution in [1.82, 2.24) is 14.5 Å².